The molecule has 30 heavy (non-hydrogen) atoms. The molecule has 0 amide bonds. The van der Waals surface area contributed by atoms with E-state index in [-0.39, 0.29) is 11.0 Å². The van der Waals surface area contributed by atoms with E-state index in [4.69, 9.17) is 4.74 Å². The Balaban J connectivity index is 1.47. The largest absolute Gasteiger partial charge is 0.370 e. The van der Waals surface area contributed by atoms with E-state index in [1.807, 2.05) is 48.5 Å². The van der Waals surface area contributed by atoms with Crippen LogP contribution in [0.4, 0.5) is 5.69 Å². The van der Waals surface area contributed by atoms with Crippen molar-refractivity contribution in [2.75, 3.05) is 11.3 Å². The predicted molar refractivity (Wildman–Crippen MR) is 117 cm³/mol. The van der Waals surface area contributed by atoms with Gasteiger partial charge in [0, 0.05) is 12.2 Å². The molecule has 0 saturated carbocycles. The molecule has 0 aliphatic carbocycles. The zero-order valence-electron chi connectivity index (χ0n) is 16.2. The molecule has 1 aliphatic heterocycles. The zero-order chi connectivity index (χ0) is 20.6. The molecular formula is C23H21N3O3S. The number of anilines is 1. The van der Waals surface area contributed by atoms with Crippen LogP contribution in [0.25, 0.3) is 22.2 Å². The maximum atomic E-state index is 13.2. The third-order valence-electron chi connectivity index (χ3n) is 5.25. The number of ether oxygens (including phenoxy) is 1. The highest BCUT2D eigenvalue weighted by Crippen LogP contribution is 2.31. The number of fused-ring (bicyclic) bond motifs is 1. The van der Waals surface area contributed by atoms with Crippen molar-refractivity contribution < 1.29 is 13.2 Å². The maximum absolute atomic E-state index is 13.2. The van der Waals surface area contributed by atoms with Crippen molar-refractivity contribution in [2.24, 2.45) is 0 Å². The number of benzene rings is 3. The van der Waals surface area contributed by atoms with Crippen LogP contribution in [0.2, 0.25) is 0 Å². The monoisotopic (exact) mass is 419 g/mol. The summed E-state index contributed by atoms with van der Waals surface area (Å²) in [6.07, 6.45) is 1.94. The minimum absolute atomic E-state index is 0.0182. The number of nitrogens with one attached hydrogen (secondary N) is 2. The van der Waals surface area contributed by atoms with Gasteiger partial charge in [0.25, 0.3) is 10.0 Å². The quantitative estimate of drug-likeness (QED) is 0.483. The number of nitrogens with zero attached hydrogens (tertiary/aromatic N) is 1. The Morgan fingerprint density at radius 3 is 2.60 bits per heavy atom. The smallest absolute Gasteiger partial charge is 0.262 e. The van der Waals surface area contributed by atoms with Gasteiger partial charge in [0.1, 0.15) is 11.9 Å². The molecule has 0 radical (unpaired) electrons. The van der Waals surface area contributed by atoms with Gasteiger partial charge in [-0.15, -0.1) is 0 Å². The highest BCUT2D eigenvalue weighted by atomic mass is 32.2. The Bertz CT molecular complexity index is 1290. The SMILES string of the molecule is O=S(=O)(Nc1ccc2nc(C3CCCO3)[nH]c2c1)c1ccccc1-c1ccccc1. The van der Waals surface area contributed by atoms with E-state index in [9.17, 15) is 8.42 Å². The van der Waals surface area contributed by atoms with E-state index in [0.717, 1.165) is 41.9 Å². The third-order valence-corrected chi connectivity index (χ3v) is 6.69. The van der Waals surface area contributed by atoms with Crippen molar-refractivity contribution in [1.82, 2.24) is 9.97 Å². The number of hydrogen-bond acceptors (Lipinski definition) is 4. The zero-order valence-corrected chi connectivity index (χ0v) is 17.0. The van der Waals surface area contributed by atoms with Crippen LogP contribution in [0.15, 0.2) is 77.7 Å². The van der Waals surface area contributed by atoms with Crippen LogP contribution in [0.3, 0.4) is 0 Å². The lowest BCUT2D eigenvalue weighted by molar-refractivity contribution is 0.106. The predicted octanol–water partition coefficient (Wildman–Crippen LogP) is 4.88. The van der Waals surface area contributed by atoms with Gasteiger partial charge in [0.05, 0.1) is 21.6 Å². The Morgan fingerprint density at radius 1 is 1.00 bits per heavy atom. The van der Waals surface area contributed by atoms with Crippen molar-refractivity contribution in [2.45, 2.75) is 23.8 Å². The van der Waals surface area contributed by atoms with Gasteiger partial charge < -0.3 is 9.72 Å². The van der Waals surface area contributed by atoms with E-state index < -0.39 is 10.0 Å². The second-order valence-electron chi connectivity index (χ2n) is 7.32. The van der Waals surface area contributed by atoms with Crippen LogP contribution in [-0.4, -0.2) is 25.0 Å². The maximum Gasteiger partial charge on any atom is 0.262 e. The molecule has 5 rings (SSSR count). The van der Waals surface area contributed by atoms with Crippen LogP contribution >= 0.6 is 0 Å². The number of sulfonamides is 1. The fourth-order valence-electron chi connectivity index (χ4n) is 3.81. The molecule has 1 aromatic heterocycles. The average molecular weight is 420 g/mol. The topological polar surface area (TPSA) is 84.1 Å². The second kappa shape index (κ2) is 7.59. The first-order valence-corrected chi connectivity index (χ1v) is 11.4. The standard InChI is InChI=1S/C23H21N3O3S/c27-30(28,22-11-5-4-9-18(22)16-7-2-1-3-8-16)26-17-12-13-19-20(15-17)25-23(24-19)21-10-6-14-29-21/h1-5,7-9,11-13,15,21,26H,6,10,14H2,(H,24,25). The summed E-state index contributed by atoms with van der Waals surface area (Å²) < 4.78 is 34.8. The van der Waals surface area contributed by atoms with Gasteiger partial charge in [0.2, 0.25) is 0 Å². The number of aromatic amines is 1. The van der Waals surface area contributed by atoms with Gasteiger partial charge >= 0.3 is 0 Å². The van der Waals surface area contributed by atoms with Crippen molar-refractivity contribution in [3.05, 3.63) is 78.6 Å². The molecule has 2 heterocycles. The molecule has 0 spiro atoms. The van der Waals surface area contributed by atoms with Crippen molar-refractivity contribution >= 4 is 26.7 Å². The number of imidazole rings is 1. The summed E-state index contributed by atoms with van der Waals surface area (Å²) in [6, 6.07) is 21.8. The first-order chi connectivity index (χ1) is 14.6. The summed E-state index contributed by atoms with van der Waals surface area (Å²) in [5.41, 5.74) is 3.55. The Hall–Kier alpha value is -3.16. The first kappa shape index (κ1) is 18.8. The molecule has 1 unspecified atom stereocenters. The van der Waals surface area contributed by atoms with Crippen molar-refractivity contribution in [3.63, 3.8) is 0 Å². The number of hydrogen-bond donors (Lipinski definition) is 2. The van der Waals surface area contributed by atoms with E-state index >= 15 is 0 Å². The van der Waals surface area contributed by atoms with E-state index in [0.29, 0.717) is 11.3 Å². The molecule has 1 fully saturated rings. The van der Waals surface area contributed by atoms with E-state index in [1.165, 1.54) is 0 Å². The van der Waals surface area contributed by atoms with Gasteiger partial charge in [-0.25, -0.2) is 13.4 Å². The average Bonchev–Trinajstić information content (AvgIpc) is 3.43. The minimum Gasteiger partial charge on any atom is -0.370 e. The number of aromatic nitrogens is 2. The summed E-state index contributed by atoms with van der Waals surface area (Å²) in [6.45, 7) is 0.744. The van der Waals surface area contributed by atoms with E-state index in [1.54, 1.807) is 24.3 Å². The minimum atomic E-state index is -3.78. The van der Waals surface area contributed by atoms with Crippen molar-refractivity contribution in [1.29, 1.82) is 0 Å². The number of H-pyrrole nitrogens is 1. The highest BCUT2D eigenvalue weighted by Gasteiger charge is 2.22. The van der Waals surface area contributed by atoms with Crippen molar-refractivity contribution in [3.8, 4) is 11.1 Å². The molecule has 1 atom stereocenters. The summed E-state index contributed by atoms with van der Waals surface area (Å²) in [5.74, 6) is 0.789. The lowest BCUT2D eigenvalue weighted by Gasteiger charge is -2.12. The third kappa shape index (κ3) is 3.58. The Morgan fingerprint density at radius 2 is 1.80 bits per heavy atom. The molecule has 152 valence electrons. The summed E-state index contributed by atoms with van der Waals surface area (Å²) >= 11 is 0. The van der Waals surface area contributed by atoms with Gasteiger partial charge in [-0.1, -0.05) is 48.5 Å². The van der Waals surface area contributed by atoms with Crippen LogP contribution in [0.5, 0.6) is 0 Å². The van der Waals surface area contributed by atoms with Crippen LogP contribution in [0, 0.1) is 0 Å². The molecule has 3 aromatic carbocycles. The van der Waals surface area contributed by atoms with Crippen LogP contribution < -0.4 is 4.72 Å². The fraction of sp³-hybridized carbons (Fsp3) is 0.174. The lowest BCUT2D eigenvalue weighted by Crippen LogP contribution is -2.14. The molecule has 6 nitrogen and oxygen atoms in total. The van der Waals surface area contributed by atoms with Gasteiger partial charge in [-0.3, -0.25) is 4.72 Å². The molecule has 1 saturated heterocycles. The van der Waals surface area contributed by atoms with Gasteiger partial charge in [-0.2, -0.15) is 0 Å². The number of rotatable bonds is 5. The first-order valence-electron chi connectivity index (χ1n) is 9.89. The molecular weight excluding hydrogens is 398 g/mol. The molecule has 4 aromatic rings. The molecule has 7 heteroatoms. The normalized spacial score (nSPS) is 16.7. The van der Waals surface area contributed by atoms with E-state index in [2.05, 4.69) is 14.7 Å². The summed E-state index contributed by atoms with van der Waals surface area (Å²) in [7, 11) is -3.78. The Labute approximate surface area is 175 Å². The summed E-state index contributed by atoms with van der Waals surface area (Å²) in [4.78, 5) is 8.09. The fourth-order valence-corrected chi connectivity index (χ4v) is 5.09. The van der Waals surface area contributed by atoms with Gasteiger partial charge in [0.15, 0.2) is 0 Å². The van der Waals surface area contributed by atoms with Crippen LogP contribution in [0.1, 0.15) is 24.8 Å². The highest BCUT2D eigenvalue weighted by molar-refractivity contribution is 7.92. The summed E-state index contributed by atoms with van der Waals surface area (Å²) in [5, 5.41) is 0. The van der Waals surface area contributed by atoms with Gasteiger partial charge in [-0.05, 0) is 42.7 Å². The lowest BCUT2D eigenvalue weighted by atomic mass is 10.1. The molecule has 1 aliphatic rings. The Kier molecular flexibility index (Phi) is 4.77. The second-order valence-corrected chi connectivity index (χ2v) is 8.97. The molecule has 0 bridgehead atoms. The molecule has 2 N–H and O–H groups in total. The van der Waals surface area contributed by atoms with Crippen LogP contribution in [-0.2, 0) is 14.8 Å².